The van der Waals surface area contributed by atoms with Crippen LogP contribution >= 0.6 is 34.0 Å². The van der Waals surface area contributed by atoms with Gasteiger partial charge in [0.1, 0.15) is 0 Å². The molecule has 0 atom stereocenters. The molecule has 0 aliphatic carbocycles. The highest BCUT2D eigenvalue weighted by molar-refractivity contribution is 7.32. The predicted molar refractivity (Wildman–Crippen MR) is 211 cm³/mol. The lowest BCUT2D eigenvalue weighted by Crippen LogP contribution is -2.00. The maximum Gasteiger partial charge on any atom is 0.165 e. The van der Waals surface area contributed by atoms with Crippen LogP contribution in [0.2, 0.25) is 0 Å². The summed E-state index contributed by atoms with van der Waals surface area (Å²) >= 11 is 5.66. The molecule has 11 aromatic rings. The van der Waals surface area contributed by atoms with Crippen molar-refractivity contribution in [2.45, 2.75) is 0 Å². The van der Waals surface area contributed by atoms with Crippen molar-refractivity contribution < 1.29 is 0 Å². The minimum Gasteiger partial charge on any atom is -0.208 e. The monoisotopic (exact) mass is 677 g/mol. The molecule has 0 bridgehead atoms. The van der Waals surface area contributed by atoms with Gasteiger partial charge in [-0.2, -0.15) is 0 Å². The average molecular weight is 678 g/mol. The third-order valence-electron chi connectivity index (χ3n) is 9.52. The van der Waals surface area contributed by atoms with Crippen LogP contribution < -0.4 is 0 Å². The van der Waals surface area contributed by atoms with Gasteiger partial charge >= 0.3 is 0 Å². The summed E-state index contributed by atoms with van der Waals surface area (Å²) in [6.45, 7) is 0. The van der Waals surface area contributed by atoms with Gasteiger partial charge < -0.3 is 0 Å². The molecule has 0 saturated heterocycles. The SMILES string of the molecule is c1ccc(-c2ccc(-c3nc(-c4ccccc4)nc(-c4ccc5sc6c7ccccc7cc7sc8ccc9sc4c5c9c8c76)n3)cc2)cc1. The Balaban J connectivity index is 1.18. The second-order valence-electron chi connectivity index (χ2n) is 12.3. The van der Waals surface area contributed by atoms with Crippen molar-refractivity contribution >= 4 is 94.5 Å². The van der Waals surface area contributed by atoms with Crippen LogP contribution in [0.25, 0.3) is 106 Å². The number of fused-ring (bicyclic) bond motifs is 2. The number of rotatable bonds is 4. The lowest BCUT2D eigenvalue weighted by molar-refractivity contribution is 1.08. The first-order valence-electron chi connectivity index (χ1n) is 16.2. The average Bonchev–Trinajstić information content (AvgIpc) is 3.69. The second kappa shape index (κ2) is 10.5. The minimum atomic E-state index is 0.668. The molecule has 0 spiro atoms. The maximum atomic E-state index is 5.20. The van der Waals surface area contributed by atoms with E-state index in [1.807, 2.05) is 58.3 Å². The molecule has 0 aliphatic rings. The zero-order valence-electron chi connectivity index (χ0n) is 25.8. The summed E-state index contributed by atoms with van der Waals surface area (Å²) in [6, 6.07) is 49.5. The summed E-state index contributed by atoms with van der Waals surface area (Å²) in [4.78, 5) is 15.4. The molecule has 7 aromatic carbocycles. The molecular weight excluding hydrogens is 655 g/mol. The number of aromatic nitrogens is 3. The fraction of sp³-hybridized carbons (Fsp3) is 0. The van der Waals surface area contributed by atoms with Gasteiger partial charge in [-0.3, -0.25) is 0 Å². The Kier molecular flexibility index (Phi) is 5.87. The van der Waals surface area contributed by atoms with Crippen LogP contribution in [0.5, 0.6) is 0 Å². The molecule has 4 heterocycles. The van der Waals surface area contributed by atoms with E-state index >= 15 is 0 Å². The van der Waals surface area contributed by atoms with Gasteiger partial charge in [-0.1, -0.05) is 109 Å². The van der Waals surface area contributed by atoms with Gasteiger partial charge in [0, 0.05) is 66.4 Å². The first-order chi connectivity index (χ1) is 24.3. The lowest BCUT2D eigenvalue weighted by atomic mass is 10.0. The van der Waals surface area contributed by atoms with E-state index in [1.54, 1.807) is 0 Å². The first kappa shape index (κ1) is 27.4. The third-order valence-corrected chi connectivity index (χ3v) is 13.0. The molecule has 49 heavy (non-hydrogen) atoms. The van der Waals surface area contributed by atoms with E-state index in [0.29, 0.717) is 17.5 Å². The fourth-order valence-electron chi connectivity index (χ4n) is 7.23. The van der Waals surface area contributed by atoms with E-state index in [9.17, 15) is 0 Å². The predicted octanol–water partition coefficient (Wildman–Crippen LogP) is 13.1. The maximum absolute atomic E-state index is 5.20. The van der Waals surface area contributed by atoms with Crippen LogP contribution in [0.15, 0.2) is 140 Å². The van der Waals surface area contributed by atoms with Gasteiger partial charge in [-0.15, -0.1) is 34.0 Å². The van der Waals surface area contributed by atoms with E-state index in [0.717, 1.165) is 22.3 Å². The van der Waals surface area contributed by atoms with Crippen molar-refractivity contribution in [2.24, 2.45) is 0 Å². The highest BCUT2D eigenvalue weighted by Gasteiger charge is 2.23. The zero-order chi connectivity index (χ0) is 32.1. The zero-order valence-corrected chi connectivity index (χ0v) is 28.3. The summed E-state index contributed by atoms with van der Waals surface area (Å²) in [7, 11) is 0. The molecule has 3 nitrogen and oxygen atoms in total. The summed E-state index contributed by atoms with van der Waals surface area (Å²) in [6.07, 6.45) is 0. The van der Waals surface area contributed by atoms with Crippen LogP contribution in [0, 0.1) is 0 Å². The van der Waals surface area contributed by atoms with Crippen LogP contribution in [0.1, 0.15) is 0 Å². The molecule has 11 rings (SSSR count). The van der Waals surface area contributed by atoms with Gasteiger partial charge in [0.25, 0.3) is 0 Å². The number of hydrogen-bond acceptors (Lipinski definition) is 6. The van der Waals surface area contributed by atoms with E-state index in [1.165, 1.54) is 66.1 Å². The fourth-order valence-corrected chi connectivity index (χ4v) is 11.1. The standard InChI is InChI=1S/C43H23N3S3/c1-3-9-24(10-4-1)25-15-17-27(18-16-25)42-44-41(26-11-5-2-6-12-26)45-43(46-42)30-19-20-33-37-36-32(48-40(30)37)22-21-31-35(36)38-34(47-31)23-28-13-7-8-14-29(28)39(38)49-33/h1-23H. The van der Waals surface area contributed by atoms with Crippen molar-refractivity contribution in [1.29, 1.82) is 0 Å². The molecule has 4 aromatic heterocycles. The quantitative estimate of drug-likeness (QED) is 0.186. The molecule has 228 valence electrons. The van der Waals surface area contributed by atoms with Crippen LogP contribution in [0.3, 0.4) is 0 Å². The normalized spacial score (nSPS) is 12.1. The molecule has 0 fully saturated rings. The minimum absolute atomic E-state index is 0.668. The molecule has 6 heteroatoms. The van der Waals surface area contributed by atoms with Crippen LogP contribution in [-0.2, 0) is 0 Å². The van der Waals surface area contributed by atoms with Crippen molar-refractivity contribution in [3.8, 4) is 45.3 Å². The Morgan fingerprint density at radius 3 is 1.61 bits per heavy atom. The molecule has 0 amide bonds. The number of benzene rings is 7. The Morgan fingerprint density at radius 2 is 0.857 bits per heavy atom. The Labute approximate surface area is 292 Å². The largest absolute Gasteiger partial charge is 0.208 e. The molecule has 0 radical (unpaired) electrons. The molecular formula is C43H23N3S3. The number of nitrogens with zero attached hydrogens (tertiary/aromatic N) is 3. The van der Waals surface area contributed by atoms with Crippen LogP contribution in [-0.4, -0.2) is 15.0 Å². The van der Waals surface area contributed by atoms with Crippen LogP contribution in [0.4, 0.5) is 0 Å². The van der Waals surface area contributed by atoms with Gasteiger partial charge in [0.05, 0.1) is 0 Å². The second-order valence-corrected chi connectivity index (χ2v) is 15.5. The van der Waals surface area contributed by atoms with Gasteiger partial charge in [0.2, 0.25) is 0 Å². The van der Waals surface area contributed by atoms with E-state index in [4.69, 9.17) is 15.0 Å². The molecule has 0 N–H and O–H groups in total. The Bertz CT molecular complexity index is 3030. The van der Waals surface area contributed by atoms with E-state index in [2.05, 4.69) is 115 Å². The van der Waals surface area contributed by atoms with Crippen molar-refractivity contribution in [1.82, 2.24) is 15.0 Å². The topological polar surface area (TPSA) is 38.7 Å². The van der Waals surface area contributed by atoms with Gasteiger partial charge in [-0.25, -0.2) is 15.0 Å². The Hall–Kier alpha value is -5.53. The smallest absolute Gasteiger partial charge is 0.165 e. The summed E-state index contributed by atoms with van der Waals surface area (Å²) < 4.78 is 7.85. The van der Waals surface area contributed by atoms with Crippen molar-refractivity contribution in [3.63, 3.8) is 0 Å². The summed E-state index contributed by atoms with van der Waals surface area (Å²) in [5.41, 5.74) is 5.32. The highest BCUT2D eigenvalue weighted by Crippen LogP contribution is 2.52. The van der Waals surface area contributed by atoms with Gasteiger partial charge in [-0.05, 0) is 52.2 Å². The molecule has 0 saturated carbocycles. The van der Waals surface area contributed by atoms with Crippen molar-refractivity contribution in [3.05, 3.63) is 140 Å². The molecule has 0 unspecified atom stereocenters. The Morgan fingerprint density at radius 1 is 0.347 bits per heavy atom. The first-order valence-corrected chi connectivity index (χ1v) is 18.6. The highest BCUT2D eigenvalue weighted by atomic mass is 32.1. The van der Waals surface area contributed by atoms with E-state index < -0.39 is 0 Å². The summed E-state index contributed by atoms with van der Waals surface area (Å²) in [5.74, 6) is 2.03. The number of hydrogen-bond donors (Lipinski definition) is 0. The van der Waals surface area contributed by atoms with Gasteiger partial charge in [0.15, 0.2) is 17.5 Å². The molecule has 0 aliphatic heterocycles. The number of thiophene rings is 2. The van der Waals surface area contributed by atoms with E-state index in [-0.39, 0.29) is 0 Å². The lowest BCUT2D eigenvalue weighted by Gasteiger charge is -2.10. The third kappa shape index (κ3) is 4.15. The van der Waals surface area contributed by atoms with Crippen molar-refractivity contribution in [2.75, 3.05) is 0 Å². The summed E-state index contributed by atoms with van der Waals surface area (Å²) in [5, 5.41) is 8.04.